The molecule has 7 nitrogen and oxygen atoms in total. The Kier molecular flexibility index (Phi) is 7.46. The smallest absolute Gasteiger partial charge is 0.367 e. The van der Waals surface area contributed by atoms with Crippen molar-refractivity contribution in [3.05, 3.63) is 56.3 Å². The van der Waals surface area contributed by atoms with E-state index in [0.29, 0.717) is 21.9 Å². The summed E-state index contributed by atoms with van der Waals surface area (Å²) in [5.41, 5.74) is -0.435. The second-order valence-electron chi connectivity index (χ2n) is 6.08. The van der Waals surface area contributed by atoms with Crippen LogP contribution in [-0.4, -0.2) is 34.9 Å². The second kappa shape index (κ2) is 10.1. The molecule has 3 rings (SSSR count). The van der Waals surface area contributed by atoms with Gasteiger partial charge in [0.2, 0.25) is 5.91 Å². The number of halogens is 4. The van der Waals surface area contributed by atoms with Gasteiger partial charge in [0.25, 0.3) is 5.91 Å². The van der Waals surface area contributed by atoms with E-state index in [2.05, 4.69) is 25.9 Å². The van der Waals surface area contributed by atoms with Gasteiger partial charge in [-0.2, -0.15) is 13.2 Å². The van der Waals surface area contributed by atoms with Crippen LogP contribution in [0.25, 0.3) is 0 Å². The summed E-state index contributed by atoms with van der Waals surface area (Å²) in [5, 5.41) is 11.8. The summed E-state index contributed by atoms with van der Waals surface area (Å²) in [7, 11) is 0. The first-order valence-electron chi connectivity index (χ1n) is 8.75. The summed E-state index contributed by atoms with van der Waals surface area (Å²) < 4.78 is 37.8. The third kappa shape index (κ3) is 6.64. The first kappa shape index (κ1) is 23.0. The number of hydrogen-bond acceptors (Lipinski definition) is 7. The molecule has 3 N–H and O–H groups in total. The molecule has 0 aromatic carbocycles. The minimum absolute atomic E-state index is 0.0185. The molecule has 13 heteroatoms. The number of carbonyl (C=O) groups excluding carboxylic acids is 2. The maximum absolute atomic E-state index is 12.6. The Hall–Kier alpha value is -2.70. The van der Waals surface area contributed by atoms with E-state index in [9.17, 15) is 22.8 Å². The van der Waals surface area contributed by atoms with Crippen LogP contribution < -0.4 is 16.0 Å². The van der Waals surface area contributed by atoms with E-state index in [1.165, 1.54) is 22.7 Å². The van der Waals surface area contributed by atoms with Crippen LogP contribution in [0.4, 0.5) is 24.1 Å². The van der Waals surface area contributed by atoms with Crippen LogP contribution in [0.2, 0.25) is 5.02 Å². The summed E-state index contributed by atoms with van der Waals surface area (Å²) in [6.45, 7) is 0.410. The average molecular weight is 490 g/mol. The maximum Gasteiger partial charge on any atom is 0.417 e. The van der Waals surface area contributed by atoms with Crippen molar-refractivity contribution in [1.82, 2.24) is 15.3 Å². The van der Waals surface area contributed by atoms with Crippen LogP contribution in [-0.2, 0) is 17.4 Å². The zero-order valence-corrected chi connectivity index (χ0v) is 18.0. The zero-order valence-electron chi connectivity index (χ0n) is 15.6. The number of hydrogen-bond donors (Lipinski definition) is 3. The molecule has 0 spiro atoms. The fourth-order valence-corrected chi connectivity index (χ4v) is 3.90. The number of alkyl halides is 3. The first-order valence-corrected chi connectivity index (χ1v) is 10.9. The van der Waals surface area contributed by atoms with Gasteiger partial charge in [-0.05, 0) is 17.5 Å². The summed E-state index contributed by atoms with van der Waals surface area (Å²) in [6.07, 6.45) is -3.82. The Labute approximate surface area is 187 Å². The lowest BCUT2D eigenvalue weighted by atomic mass is 10.3. The molecule has 0 saturated carbocycles. The minimum atomic E-state index is -4.52. The number of amides is 2. The van der Waals surface area contributed by atoms with Gasteiger partial charge in [0.1, 0.15) is 5.82 Å². The Morgan fingerprint density at radius 2 is 2.00 bits per heavy atom. The number of nitrogens with zero attached hydrogens (tertiary/aromatic N) is 2. The highest BCUT2D eigenvalue weighted by molar-refractivity contribution is 7.14. The van der Waals surface area contributed by atoms with Crippen molar-refractivity contribution in [2.75, 3.05) is 23.7 Å². The highest BCUT2D eigenvalue weighted by Crippen LogP contribution is 2.32. The molecule has 164 valence electrons. The highest BCUT2D eigenvalue weighted by Gasteiger charge is 2.31. The van der Waals surface area contributed by atoms with Gasteiger partial charge in [0, 0.05) is 24.7 Å². The van der Waals surface area contributed by atoms with Crippen LogP contribution in [0.3, 0.4) is 0 Å². The number of nitrogens with one attached hydrogen (secondary N) is 3. The van der Waals surface area contributed by atoms with E-state index in [0.717, 1.165) is 6.07 Å². The van der Waals surface area contributed by atoms with Gasteiger partial charge in [-0.25, -0.2) is 9.97 Å². The summed E-state index contributed by atoms with van der Waals surface area (Å²) in [5.74, 6) is -0.466. The van der Waals surface area contributed by atoms with Crippen molar-refractivity contribution in [2.24, 2.45) is 0 Å². The molecule has 0 aliphatic carbocycles. The Morgan fingerprint density at radius 1 is 1.19 bits per heavy atom. The molecule has 0 unspecified atom stereocenters. The molecule has 31 heavy (non-hydrogen) atoms. The van der Waals surface area contributed by atoms with E-state index >= 15 is 0 Å². The number of pyridine rings is 1. The largest absolute Gasteiger partial charge is 0.417 e. The summed E-state index contributed by atoms with van der Waals surface area (Å²) in [4.78, 5) is 32.5. The molecule has 0 fully saturated rings. The third-order valence-electron chi connectivity index (χ3n) is 3.77. The molecule has 0 atom stereocenters. The van der Waals surface area contributed by atoms with Gasteiger partial charge in [-0.3, -0.25) is 14.9 Å². The molecular formula is C18H15ClF3N5O2S2. The normalized spacial score (nSPS) is 11.2. The Morgan fingerprint density at radius 3 is 2.68 bits per heavy atom. The monoisotopic (exact) mass is 489 g/mol. The highest BCUT2D eigenvalue weighted by atomic mass is 35.5. The predicted molar refractivity (Wildman–Crippen MR) is 114 cm³/mol. The van der Waals surface area contributed by atoms with Crippen molar-refractivity contribution < 1.29 is 22.8 Å². The minimum Gasteiger partial charge on any atom is -0.367 e. The predicted octanol–water partition coefficient (Wildman–Crippen LogP) is 4.29. The van der Waals surface area contributed by atoms with Crippen molar-refractivity contribution in [3.63, 3.8) is 0 Å². The topological polar surface area (TPSA) is 96.0 Å². The van der Waals surface area contributed by atoms with Crippen LogP contribution in [0.5, 0.6) is 0 Å². The lowest BCUT2D eigenvalue weighted by Crippen LogP contribution is -2.30. The van der Waals surface area contributed by atoms with Crippen LogP contribution in [0.1, 0.15) is 20.9 Å². The van der Waals surface area contributed by atoms with E-state index < -0.39 is 11.7 Å². The lowest BCUT2D eigenvalue weighted by molar-refractivity contribution is -0.137. The summed E-state index contributed by atoms with van der Waals surface area (Å²) >= 11 is 8.33. The lowest BCUT2D eigenvalue weighted by Gasteiger charge is -2.11. The molecule has 0 aliphatic heterocycles. The van der Waals surface area contributed by atoms with Gasteiger partial charge in [0.15, 0.2) is 5.13 Å². The standard InChI is InChI=1S/C18H15ClF3N5O2S2/c19-12-6-10(18(20,21)22)8-25-15(12)24-4-3-23-14(28)7-11-9-31-17(26-11)27-16(29)13-2-1-5-30-13/h1-2,5-6,8-9H,3-4,7H2,(H,23,28)(H,24,25)(H,26,27,29). The van der Waals surface area contributed by atoms with Gasteiger partial charge in [-0.1, -0.05) is 17.7 Å². The Balaban J connectivity index is 1.41. The SMILES string of the molecule is O=C(Cc1csc(NC(=O)c2cccs2)n1)NCCNc1ncc(C(F)(F)F)cc1Cl. The van der Waals surface area contributed by atoms with Crippen molar-refractivity contribution in [3.8, 4) is 0 Å². The van der Waals surface area contributed by atoms with E-state index in [4.69, 9.17) is 11.6 Å². The van der Waals surface area contributed by atoms with Crippen molar-refractivity contribution in [2.45, 2.75) is 12.6 Å². The zero-order chi connectivity index (χ0) is 22.4. The van der Waals surface area contributed by atoms with E-state index in [1.54, 1.807) is 22.9 Å². The fourth-order valence-electron chi connectivity index (χ4n) is 2.34. The van der Waals surface area contributed by atoms with E-state index in [-0.39, 0.29) is 42.2 Å². The molecule has 0 radical (unpaired) electrons. The van der Waals surface area contributed by atoms with Crippen molar-refractivity contribution in [1.29, 1.82) is 0 Å². The average Bonchev–Trinajstić information content (AvgIpc) is 3.38. The fraction of sp³-hybridized carbons (Fsp3) is 0.222. The number of aromatic nitrogens is 2. The molecule has 3 aromatic heterocycles. The molecule has 0 bridgehead atoms. The van der Waals surface area contributed by atoms with Crippen molar-refractivity contribution >= 4 is 57.0 Å². The van der Waals surface area contributed by atoms with Crippen LogP contribution in [0.15, 0.2) is 35.2 Å². The van der Waals surface area contributed by atoms with E-state index in [1.807, 2.05) is 0 Å². The molecule has 0 aliphatic rings. The second-order valence-corrected chi connectivity index (χ2v) is 8.29. The Bertz CT molecular complexity index is 1060. The number of rotatable bonds is 8. The van der Waals surface area contributed by atoms with Crippen LogP contribution in [0, 0.1) is 0 Å². The van der Waals surface area contributed by atoms with Gasteiger partial charge >= 0.3 is 6.18 Å². The number of thiophene rings is 1. The molecular weight excluding hydrogens is 475 g/mol. The molecule has 2 amide bonds. The van der Waals surface area contributed by atoms with Gasteiger partial charge in [0.05, 0.1) is 27.6 Å². The van der Waals surface area contributed by atoms with Gasteiger partial charge < -0.3 is 10.6 Å². The molecule has 0 saturated heterocycles. The summed E-state index contributed by atoms with van der Waals surface area (Å²) in [6, 6.07) is 4.25. The quantitative estimate of drug-likeness (QED) is 0.410. The number of anilines is 2. The first-order chi connectivity index (χ1) is 14.7. The molecule has 3 heterocycles. The number of thiazole rings is 1. The maximum atomic E-state index is 12.6. The van der Waals surface area contributed by atoms with Gasteiger partial charge in [-0.15, -0.1) is 22.7 Å². The third-order valence-corrected chi connectivity index (χ3v) is 5.73. The van der Waals surface area contributed by atoms with Crippen LogP contribution >= 0.6 is 34.3 Å². The molecule has 3 aromatic rings. The number of carbonyl (C=O) groups is 2.